The van der Waals surface area contributed by atoms with Gasteiger partial charge in [-0.3, -0.25) is 4.79 Å². The molecule has 0 bridgehead atoms. The number of rotatable bonds is 1. The molecule has 20 heavy (non-hydrogen) atoms. The molecule has 4 aliphatic rings. The van der Waals surface area contributed by atoms with Crippen LogP contribution in [0.15, 0.2) is 11.6 Å². The number of allylic oxidation sites excluding steroid dienone is 2. The van der Waals surface area contributed by atoms with Crippen molar-refractivity contribution < 1.29 is 9.90 Å². The number of ketones is 1. The monoisotopic (exact) mass is 274 g/mol. The van der Waals surface area contributed by atoms with E-state index in [1.165, 1.54) is 32.1 Å². The van der Waals surface area contributed by atoms with E-state index >= 15 is 0 Å². The molecule has 5 atom stereocenters. The van der Waals surface area contributed by atoms with Gasteiger partial charge in [0.05, 0.1) is 0 Å². The van der Waals surface area contributed by atoms with E-state index in [0.717, 1.165) is 37.5 Å². The number of fused-ring (bicyclic) bond motifs is 5. The third-order valence-electron chi connectivity index (χ3n) is 7.02. The van der Waals surface area contributed by atoms with Crippen LogP contribution >= 0.6 is 0 Å². The third-order valence-corrected chi connectivity index (χ3v) is 7.02. The number of aliphatic hydroxyl groups is 1. The highest BCUT2D eigenvalue weighted by atomic mass is 16.3. The van der Waals surface area contributed by atoms with Gasteiger partial charge in [0, 0.05) is 24.9 Å². The van der Waals surface area contributed by atoms with Crippen LogP contribution in [0, 0.1) is 29.1 Å². The van der Waals surface area contributed by atoms with E-state index in [1.807, 2.05) is 0 Å². The molecule has 4 rings (SSSR count). The molecule has 0 amide bonds. The lowest BCUT2D eigenvalue weighted by atomic mass is 9.55. The molecule has 0 aromatic rings. The lowest BCUT2D eigenvalue weighted by Gasteiger charge is -2.50. The summed E-state index contributed by atoms with van der Waals surface area (Å²) >= 11 is 0. The Morgan fingerprint density at radius 3 is 2.95 bits per heavy atom. The van der Waals surface area contributed by atoms with Crippen LogP contribution < -0.4 is 0 Å². The molecule has 2 heteroatoms. The second-order valence-corrected chi connectivity index (χ2v) is 7.76. The summed E-state index contributed by atoms with van der Waals surface area (Å²) in [5.41, 5.74) is 1.91. The van der Waals surface area contributed by atoms with Crippen LogP contribution in [0.1, 0.15) is 57.8 Å². The Morgan fingerprint density at radius 2 is 2.10 bits per heavy atom. The molecule has 0 aromatic carbocycles. The first-order chi connectivity index (χ1) is 9.73. The van der Waals surface area contributed by atoms with Gasteiger partial charge in [-0.25, -0.2) is 0 Å². The number of hydrogen-bond donors (Lipinski definition) is 1. The van der Waals surface area contributed by atoms with Crippen molar-refractivity contribution in [3.05, 3.63) is 11.6 Å². The molecule has 3 fully saturated rings. The molecule has 1 unspecified atom stereocenters. The maximum absolute atomic E-state index is 11.7. The second kappa shape index (κ2) is 4.69. The highest BCUT2D eigenvalue weighted by molar-refractivity contribution is 5.79. The summed E-state index contributed by atoms with van der Waals surface area (Å²) in [5, 5.41) is 9.94. The van der Waals surface area contributed by atoms with Gasteiger partial charge in [-0.1, -0.05) is 18.1 Å². The van der Waals surface area contributed by atoms with Crippen LogP contribution in [0.25, 0.3) is 0 Å². The average molecular weight is 274 g/mol. The van der Waals surface area contributed by atoms with E-state index in [-0.39, 0.29) is 5.41 Å². The fourth-order valence-corrected chi connectivity index (χ4v) is 6.03. The van der Waals surface area contributed by atoms with Gasteiger partial charge in [0.2, 0.25) is 0 Å². The van der Waals surface area contributed by atoms with Crippen molar-refractivity contribution in [3.63, 3.8) is 0 Å². The summed E-state index contributed by atoms with van der Waals surface area (Å²) in [4.78, 5) is 11.7. The first-order valence-electron chi connectivity index (χ1n) is 8.56. The van der Waals surface area contributed by atoms with Gasteiger partial charge in [-0.15, -0.1) is 0 Å². The molecule has 1 N–H and O–H groups in total. The number of carbonyl (C=O) groups excluding carboxylic acids is 1. The Labute approximate surface area is 121 Å². The van der Waals surface area contributed by atoms with E-state index in [4.69, 9.17) is 0 Å². The Bertz CT molecular complexity index is 452. The molecule has 0 saturated heterocycles. The van der Waals surface area contributed by atoms with E-state index in [0.29, 0.717) is 24.2 Å². The maximum atomic E-state index is 11.7. The molecular weight excluding hydrogens is 248 g/mol. The van der Waals surface area contributed by atoms with Crippen molar-refractivity contribution in [1.82, 2.24) is 0 Å². The van der Waals surface area contributed by atoms with Gasteiger partial charge in [-0.2, -0.15) is 0 Å². The highest BCUT2D eigenvalue weighted by Gasteiger charge is 2.52. The number of Topliss-reactive ketones (excluding diaryl/α,β-unsaturated/α-hetero) is 1. The zero-order valence-corrected chi connectivity index (χ0v) is 12.3. The first kappa shape index (κ1) is 13.1. The predicted molar refractivity (Wildman–Crippen MR) is 78.1 cm³/mol. The molecule has 3 saturated carbocycles. The van der Waals surface area contributed by atoms with Gasteiger partial charge in [-0.05, 0) is 62.2 Å². The van der Waals surface area contributed by atoms with Crippen molar-refractivity contribution >= 4 is 5.78 Å². The lowest BCUT2D eigenvalue weighted by Crippen LogP contribution is -2.43. The Hall–Kier alpha value is -0.630. The SMILES string of the molecule is O=C1CC[C@@H]2C3=CC[C@]4(CO)CCC[C@H]4[C@@H]3CCC2C1. The Kier molecular flexibility index (Phi) is 3.06. The minimum Gasteiger partial charge on any atom is -0.396 e. The number of aliphatic hydroxyl groups excluding tert-OH is 1. The van der Waals surface area contributed by atoms with Gasteiger partial charge >= 0.3 is 0 Å². The summed E-state index contributed by atoms with van der Waals surface area (Å²) in [7, 11) is 0. The molecule has 0 aliphatic heterocycles. The smallest absolute Gasteiger partial charge is 0.133 e. The molecule has 0 spiro atoms. The van der Waals surface area contributed by atoms with Crippen molar-refractivity contribution in [2.45, 2.75) is 57.8 Å². The van der Waals surface area contributed by atoms with Crippen LogP contribution in [-0.4, -0.2) is 17.5 Å². The van der Waals surface area contributed by atoms with E-state index < -0.39 is 0 Å². The molecule has 4 aliphatic carbocycles. The van der Waals surface area contributed by atoms with E-state index in [1.54, 1.807) is 5.57 Å². The fraction of sp³-hybridized carbons (Fsp3) is 0.833. The lowest BCUT2D eigenvalue weighted by molar-refractivity contribution is -0.123. The summed E-state index contributed by atoms with van der Waals surface area (Å²) in [6.45, 7) is 0.379. The molecule has 110 valence electrons. The van der Waals surface area contributed by atoms with Crippen LogP contribution in [-0.2, 0) is 4.79 Å². The Morgan fingerprint density at radius 1 is 1.20 bits per heavy atom. The van der Waals surface area contributed by atoms with Crippen LogP contribution in [0.5, 0.6) is 0 Å². The zero-order valence-electron chi connectivity index (χ0n) is 12.3. The van der Waals surface area contributed by atoms with E-state index in [9.17, 15) is 9.90 Å². The number of carbonyl (C=O) groups is 1. The molecule has 2 nitrogen and oxygen atoms in total. The fourth-order valence-electron chi connectivity index (χ4n) is 6.03. The van der Waals surface area contributed by atoms with Crippen molar-refractivity contribution in [3.8, 4) is 0 Å². The van der Waals surface area contributed by atoms with E-state index in [2.05, 4.69) is 6.08 Å². The predicted octanol–water partition coefficient (Wildman–Crippen LogP) is 3.49. The van der Waals surface area contributed by atoms with Crippen molar-refractivity contribution in [2.75, 3.05) is 6.61 Å². The van der Waals surface area contributed by atoms with Crippen molar-refractivity contribution in [1.29, 1.82) is 0 Å². The molecule has 0 heterocycles. The zero-order chi connectivity index (χ0) is 13.7. The number of hydrogen-bond acceptors (Lipinski definition) is 2. The van der Waals surface area contributed by atoms with Gasteiger partial charge in [0.15, 0.2) is 0 Å². The minimum absolute atomic E-state index is 0.214. The third kappa shape index (κ3) is 1.76. The molecular formula is C18H26O2. The van der Waals surface area contributed by atoms with Crippen molar-refractivity contribution in [2.24, 2.45) is 29.1 Å². The standard InChI is InChI=1S/C18H26O2/c19-11-18-8-1-2-17(18)16-5-3-12-10-13(20)4-6-14(12)15(16)7-9-18/h7,12,14,16-17,19H,1-6,8-11H2/t12?,14-,16+,17-,18-/m0/s1. The van der Waals surface area contributed by atoms with Crippen LogP contribution in [0.4, 0.5) is 0 Å². The largest absolute Gasteiger partial charge is 0.396 e. The normalized spacial score (nSPS) is 47.2. The maximum Gasteiger partial charge on any atom is 0.133 e. The van der Waals surface area contributed by atoms with Crippen LogP contribution in [0.2, 0.25) is 0 Å². The summed E-state index contributed by atoms with van der Waals surface area (Å²) < 4.78 is 0. The van der Waals surface area contributed by atoms with Gasteiger partial charge < -0.3 is 5.11 Å². The quantitative estimate of drug-likeness (QED) is 0.743. The Balaban J connectivity index is 1.64. The van der Waals surface area contributed by atoms with Crippen LogP contribution in [0.3, 0.4) is 0 Å². The molecule has 0 radical (unpaired) electrons. The highest BCUT2D eigenvalue weighted by Crippen LogP contribution is 2.59. The minimum atomic E-state index is 0.214. The summed E-state index contributed by atoms with van der Waals surface area (Å²) in [6, 6.07) is 0. The second-order valence-electron chi connectivity index (χ2n) is 7.76. The summed E-state index contributed by atoms with van der Waals surface area (Å²) in [6.07, 6.45) is 12.7. The average Bonchev–Trinajstić information content (AvgIpc) is 2.91. The van der Waals surface area contributed by atoms with Gasteiger partial charge in [0.1, 0.15) is 5.78 Å². The first-order valence-corrected chi connectivity index (χ1v) is 8.56. The topological polar surface area (TPSA) is 37.3 Å². The molecule has 0 aromatic heterocycles. The van der Waals surface area contributed by atoms with Gasteiger partial charge in [0.25, 0.3) is 0 Å². The summed E-state index contributed by atoms with van der Waals surface area (Å²) in [5.74, 6) is 3.29.